The fraction of sp³-hybridized carbons (Fsp3) is 0.500. The molecule has 0 bridgehead atoms. The number of halogens is 1. The molecule has 84 valence electrons. The normalized spacial score (nSPS) is 12.5. The zero-order valence-corrected chi connectivity index (χ0v) is 10.2. The van der Waals surface area contributed by atoms with Gasteiger partial charge in [-0.3, -0.25) is 4.79 Å². The fourth-order valence-electron chi connectivity index (χ4n) is 1.30. The van der Waals surface area contributed by atoms with Crippen LogP contribution < -0.4 is 11.1 Å². The molecule has 1 rings (SSSR count). The van der Waals surface area contributed by atoms with Crippen LogP contribution >= 0.6 is 22.9 Å². The number of nitrogens with one attached hydrogen (secondary N) is 1. The molecule has 0 aliphatic rings. The second-order valence-corrected chi connectivity index (χ2v) is 4.62. The highest BCUT2D eigenvalue weighted by atomic mass is 35.5. The lowest BCUT2D eigenvalue weighted by atomic mass is 10.1. The molecule has 1 atom stereocenters. The first-order chi connectivity index (χ1) is 7.19. The fourth-order valence-corrected chi connectivity index (χ4v) is 2.35. The monoisotopic (exact) mass is 246 g/mol. The summed E-state index contributed by atoms with van der Waals surface area (Å²) >= 11 is 7.20. The van der Waals surface area contributed by atoms with E-state index in [1.165, 1.54) is 11.3 Å². The molecule has 0 saturated carbocycles. The van der Waals surface area contributed by atoms with E-state index in [4.69, 9.17) is 17.3 Å². The van der Waals surface area contributed by atoms with Crippen LogP contribution in [0.25, 0.3) is 0 Å². The van der Waals surface area contributed by atoms with Crippen molar-refractivity contribution in [1.29, 1.82) is 0 Å². The highest BCUT2D eigenvalue weighted by molar-refractivity contribution is 7.12. The minimum Gasteiger partial charge on any atom is -0.347 e. The maximum atomic E-state index is 11.7. The lowest BCUT2D eigenvalue weighted by molar-refractivity contribution is 0.0940. The van der Waals surface area contributed by atoms with Crippen LogP contribution in [0.3, 0.4) is 0 Å². The van der Waals surface area contributed by atoms with Gasteiger partial charge in [0.05, 0.1) is 5.02 Å². The van der Waals surface area contributed by atoms with E-state index in [0.717, 1.165) is 12.8 Å². The first-order valence-corrected chi connectivity index (χ1v) is 6.18. The Bertz CT molecular complexity index is 327. The average molecular weight is 247 g/mol. The zero-order chi connectivity index (χ0) is 11.3. The second kappa shape index (κ2) is 6.10. The maximum absolute atomic E-state index is 11.7. The molecule has 1 heterocycles. The Kier molecular flexibility index (Phi) is 5.08. The molecule has 0 saturated heterocycles. The van der Waals surface area contributed by atoms with E-state index in [-0.39, 0.29) is 11.9 Å². The topological polar surface area (TPSA) is 55.1 Å². The van der Waals surface area contributed by atoms with Crippen molar-refractivity contribution >= 4 is 28.8 Å². The van der Waals surface area contributed by atoms with Crippen molar-refractivity contribution in [3.8, 4) is 0 Å². The summed E-state index contributed by atoms with van der Waals surface area (Å²) in [6, 6.07) is 1.76. The van der Waals surface area contributed by atoms with Gasteiger partial charge >= 0.3 is 0 Å². The van der Waals surface area contributed by atoms with Crippen molar-refractivity contribution in [2.75, 3.05) is 6.54 Å². The number of nitrogens with two attached hydrogens (primary N) is 1. The SMILES string of the molecule is CCCC(CN)NC(=O)c1sccc1Cl. The van der Waals surface area contributed by atoms with Crippen molar-refractivity contribution in [2.24, 2.45) is 5.73 Å². The summed E-state index contributed by atoms with van der Waals surface area (Å²) in [6.07, 6.45) is 1.89. The Morgan fingerprint density at radius 1 is 1.73 bits per heavy atom. The van der Waals surface area contributed by atoms with E-state index in [2.05, 4.69) is 12.2 Å². The van der Waals surface area contributed by atoms with Crippen LogP contribution in [-0.2, 0) is 0 Å². The van der Waals surface area contributed by atoms with Gasteiger partial charge in [0.15, 0.2) is 0 Å². The van der Waals surface area contributed by atoms with E-state index in [1.54, 1.807) is 11.4 Å². The molecule has 5 heteroatoms. The molecule has 1 amide bonds. The van der Waals surface area contributed by atoms with Crippen LogP contribution in [-0.4, -0.2) is 18.5 Å². The molecule has 3 nitrogen and oxygen atoms in total. The Morgan fingerprint density at radius 2 is 2.47 bits per heavy atom. The molecule has 15 heavy (non-hydrogen) atoms. The lowest BCUT2D eigenvalue weighted by Gasteiger charge is -2.15. The summed E-state index contributed by atoms with van der Waals surface area (Å²) in [7, 11) is 0. The van der Waals surface area contributed by atoms with Crippen LogP contribution in [0.2, 0.25) is 5.02 Å². The van der Waals surface area contributed by atoms with Crippen LogP contribution in [0.15, 0.2) is 11.4 Å². The molecule has 3 N–H and O–H groups in total. The number of hydrogen-bond acceptors (Lipinski definition) is 3. The van der Waals surface area contributed by atoms with E-state index in [9.17, 15) is 4.79 Å². The van der Waals surface area contributed by atoms with Gasteiger partial charge in [-0.05, 0) is 17.9 Å². The Balaban J connectivity index is 2.58. The Labute approximate surface area is 98.6 Å². The molecular formula is C10H15ClN2OS. The Morgan fingerprint density at radius 3 is 2.93 bits per heavy atom. The molecule has 0 aromatic carbocycles. The van der Waals surface area contributed by atoms with E-state index < -0.39 is 0 Å². The minimum absolute atomic E-state index is 0.0423. The van der Waals surface area contributed by atoms with Gasteiger partial charge in [-0.2, -0.15) is 0 Å². The number of rotatable bonds is 5. The molecule has 1 aromatic heterocycles. The number of amides is 1. The molecule has 0 spiro atoms. The molecule has 0 aliphatic heterocycles. The third kappa shape index (κ3) is 3.48. The van der Waals surface area contributed by atoms with Crippen LogP contribution in [0, 0.1) is 0 Å². The smallest absolute Gasteiger partial charge is 0.263 e. The highest BCUT2D eigenvalue weighted by Crippen LogP contribution is 2.21. The summed E-state index contributed by atoms with van der Waals surface area (Å²) in [5.74, 6) is -0.126. The van der Waals surface area contributed by atoms with E-state index in [1.807, 2.05) is 0 Å². The maximum Gasteiger partial charge on any atom is 0.263 e. The van der Waals surface area contributed by atoms with Crippen LogP contribution in [0.4, 0.5) is 0 Å². The Hall–Kier alpha value is -0.580. The van der Waals surface area contributed by atoms with E-state index >= 15 is 0 Å². The third-order valence-electron chi connectivity index (χ3n) is 2.08. The summed E-state index contributed by atoms with van der Waals surface area (Å²) in [4.78, 5) is 12.3. The summed E-state index contributed by atoms with van der Waals surface area (Å²) in [5, 5.41) is 5.18. The average Bonchev–Trinajstić information content (AvgIpc) is 2.63. The molecular weight excluding hydrogens is 232 g/mol. The van der Waals surface area contributed by atoms with Crippen molar-refractivity contribution < 1.29 is 4.79 Å². The van der Waals surface area contributed by atoms with Gasteiger partial charge in [-0.1, -0.05) is 24.9 Å². The predicted molar refractivity (Wildman–Crippen MR) is 64.5 cm³/mol. The molecule has 0 radical (unpaired) electrons. The highest BCUT2D eigenvalue weighted by Gasteiger charge is 2.15. The quantitative estimate of drug-likeness (QED) is 0.837. The zero-order valence-electron chi connectivity index (χ0n) is 8.63. The van der Waals surface area contributed by atoms with Gasteiger partial charge in [0.25, 0.3) is 5.91 Å². The van der Waals surface area contributed by atoms with Gasteiger partial charge in [-0.15, -0.1) is 11.3 Å². The van der Waals surface area contributed by atoms with Gasteiger partial charge < -0.3 is 11.1 Å². The number of thiophene rings is 1. The second-order valence-electron chi connectivity index (χ2n) is 3.29. The van der Waals surface area contributed by atoms with Gasteiger partial charge in [0.2, 0.25) is 0 Å². The van der Waals surface area contributed by atoms with Gasteiger partial charge in [0, 0.05) is 12.6 Å². The molecule has 1 unspecified atom stereocenters. The molecule has 1 aromatic rings. The standard InChI is InChI=1S/C10H15ClN2OS/c1-2-3-7(6-12)13-10(14)9-8(11)4-5-15-9/h4-5,7H,2-3,6,12H2,1H3,(H,13,14). The molecule has 0 aliphatic carbocycles. The number of carbonyl (C=O) groups is 1. The van der Waals surface area contributed by atoms with Gasteiger partial charge in [-0.25, -0.2) is 0 Å². The van der Waals surface area contributed by atoms with Crippen LogP contribution in [0.1, 0.15) is 29.4 Å². The van der Waals surface area contributed by atoms with Crippen molar-refractivity contribution in [1.82, 2.24) is 5.32 Å². The summed E-state index contributed by atoms with van der Waals surface area (Å²) < 4.78 is 0. The number of hydrogen-bond donors (Lipinski definition) is 2. The van der Waals surface area contributed by atoms with Crippen molar-refractivity contribution in [3.05, 3.63) is 21.3 Å². The predicted octanol–water partition coefficient (Wildman–Crippen LogP) is 2.26. The first-order valence-electron chi connectivity index (χ1n) is 4.93. The molecule has 0 fully saturated rings. The van der Waals surface area contributed by atoms with Crippen molar-refractivity contribution in [3.63, 3.8) is 0 Å². The summed E-state index contributed by atoms with van der Waals surface area (Å²) in [5.41, 5.74) is 5.55. The minimum atomic E-state index is -0.126. The third-order valence-corrected chi connectivity index (χ3v) is 3.42. The first kappa shape index (κ1) is 12.5. The van der Waals surface area contributed by atoms with E-state index in [0.29, 0.717) is 16.4 Å². The largest absolute Gasteiger partial charge is 0.347 e. The van der Waals surface area contributed by atoms with Crippen molar-refractivity contribution in [2.45, 2.75) is 25.8 Å². The van der Waals surface area contributed by atoms with Gasteiger partial charge in [0.1, 0.15) is 4.88 Å². The van der Waals surface area contributed by atoms with Crippen LogP contribution in [0.5, 0.6) is 0 Å². The number of carbonyl (C=O) groups excluding carboxylic acids is 1. The summed E-state index contributed by atoms with van der Waals surface area (Å²) in [6.45, 7) is 2.52. The lowest BCUT2D eigenvalue weighted by Crippen LogP contribution is -2.39.